The highest BCUT2D eigenvalue weighted by Gasteiger charge is 2.35. The number of nitrogens with one attached hydrogen (secondary N) is 1. The van der Waals surface area contributed by atoms with E-state index in [4.69, 9.17) is 11.6 Å². The highest BCUT2D eigenvalue weighted by Crippen LogP contribution is 2.28. The molecule has 246 valence electrons. The van der Waals surface area contributed by atoms with E-state index in [1.807, 2.05) is 37.3 Å². The lowest BCUT2D eigenvalue weighted by Crippen LogP contribution is -2.55. The van der Waals surface area contributed by atoms with Gasteiger partial charge >= 0.3 is 0 Å². The number of benzene rings is 4. The lowest BCUT2D eigenvalue weighted by molar-refractivity contribution is -0.140. The normalized spacial score (nSPS) is 14.3. The molecule has 7 nitrogen and oxygen atoms in total. The molecule has 0 radical (unpaired) electrons. The first-order chi connectivity index (χ1) is 22.6. The van der Waals surface area contributed by atoms with Gasteiger partial charge in [0.25, 0.3) is 10.0 Å². The van der Waals surface area contributed by atoms with Gasteiger partial charge in [0.15, 0.2) is 0 Å². The molecule has 1 saturated carbocycles. The average Bonchev–Trinajstić information content (AvgIpc) is 3.07. The van der Waals surface area contributed by atoms with E-state index in [0.29, 0.717) is 0 Å². The number of hydrogen-bond acceptors (Lipinski definition) is 4. The zero-order valence-corrected chi connectivity index (χ0v) is 27.9. The van der Waals surface area contributed by atoms with Crippen LogP contribution in [0.4, 0.5) is 10.1 Å². The van der Waals surface area contributed by atoms with E-state index < -0.39 is 34.3 Å². The number of carbonyl (C=O) groups is 2. The Morgan fingerprint density at radius 3 is 2.26 bits per heavy atom. The Morgan fingerprint density at radius 2 is 1.57 bits per heavy atom. The number of amides is 2. The minimum atomic E-state index is -4.27. The summed E-state index contributed by atoms with van der Waals surface area (Å²) in [5.41, 5.74) is 2.07. The van der Waals surface area contributed by atoms with Crippen LogP contribution in [0.5, 0.6) is 0 Å². The van der Waals surface area contributed by atoms with Gasteiger partial charge in [-0.3, -0.25) is 13.9 Å². The summed E-state index contributed by atoms with van der Waals surface area (Å²) in [6.45, 7) is 0.961. The molecule has 0 bridgehead atoms. The number of carbonyl (C=O) groups excluding carboxylic acids is 2. The molecular weight excluding hydrogens is 637 g/mol. The molecule has 0 spiro atoms. The number of aryl methyl sites for hydroxylation is 1. The van der Waals surface area contributed by atoms with E-state index in [1.54, 1.807) is 48.5 Å². The molecule has 0 aromatic heterocycles. The summed E-state index contributed by atoms with van der Waals surface area (Å²) in [7, 11) is -4.27. The fourth-order valence-electron chi connectivity index (χ4n) is 5.91. The third kappa shape index (κ3) is 8.78. The molecule has 47 heavy (non-hydrogen) atoms. The number of anilines is 1. The molecule has 0 saturated heterocycles. The Morgan fingerprint density at radius 1 is 0.894 bits per heavy atom. The van der Waals surface area contributed by atoms with Crippen LogP contribution in [-0.2, 0) is 32.6 Å². The second-order valence-corrected chi connectivity index (χ2v) is 14.3. The maximum Gasteiger partial charge on any atom is 0.264 e. The summed E-state index contributed by atoms with van der Waals surface area (Å²) in [5, 5.41) is 3.44. The first-order valence-corrected chi connectivity index (χ1v) is 17.7. The van der Waals surface area contributed by atoms with Crippen LogP contribution >= 0.6 is 11.6 Å². The standard InChI is InChI=1S/C37H39ClFN3O4S/c1-27-19-21-33(22-20-27)47(45,46)42(32-17-10-14-30(38)24-32)26-36(43)41(25-29-13-8-9-18-34(29)39)35(23-28-11-4-2-5-12-28)37(44)40-31-15-6-3-7-16-31/h2,4-5,8-14,17-22,24,31,35H,3,6-7,15-16,23,25-26H2,1H3,(H,40,44)/t35-/m1/s1. The van der Waals surface area contributed by atoms with Gasteiger partial charge < -0.3 is 10.2 Å². The van der Waals surface area contributed by atoms with Crippen molar-refractivity contribution in [1.29, 1.82) is 0 Å². The molecule has 0 unspecified atom stereocenters. The van der Waals surface area contributed by atoms with Crippen LogP contribution in [0.1, 0.15) is 48.8 Å². The Kier molecular flexibility index (Phi) is 11.3. The fraction of sp³-hybridized carbons (Fsp3) is 0.297. The SMILES string of the molecule is Cc1ccc(S(=O)(=O)N(CC(=O)N(Cc2ccccc2F)[C@H](Cc2ccccc2)C(=O)NC2CCCCC2)c2cccc(Cl)c2)cc1. The molecule has 1 fully saturated rings. The second kappa shape index (κ2) is 15.6. The molecule has 4 aromatic rings. The molecule has 4 aromatic carbocycles. The molecule has 1 aliphatic carbocycles. The largest absolute Gasteiger partial charge is 0.352 e. The summed E-state index contributed by atoms with van der Waals surface area (Å²) in [4.78, 5) is 30.0. The predicted molar refractivity (Wildman–Crippen MR) is 183 cm³/mol. The van der Waals surface area contributed by atoms with Crippen LogP contribution in [0.2, 0.25) is 5.02 Å². The van der Waals surface area contributed by atoms with Crippen molar-refractivity contribution >= 4 is 39.1 Å². The van der Waals surface area contributed by atoms with Crippen molar-refractivity contribution in [3.8, 4) is 0 Å². The molecular formula is C37H39ClFN3O4S. The van der Waals surface area contributed by atoms with Gasteiger partial charge in [-0.1, -0.05) is 103 Å². The molecule has 1 atom stereocenters. The fourth-order valence-corrected chi connectivity index (χ4v) is 7.50. The van der Waals surface area contributed by atoms with Crippen molar-refractivity contribution in [3.05, 3.63) is 131 Å². The number of hydrogen-bond donors (Lipinski definition) is 1. The highest BCUT2D eigenvalue weighted by molar-refractivity contribution is 7.92. The lowest BCUT2D eigenvalue weighted by Gasteiger charge is -2.35. The maximum atomic E-state index is 15.1. The van der Waals surface area contributed by atoms with E-state index in [2.05, 4.69) is 5.32 Å². The molecule has 10 heteroatoms. The minimum Gasteiger partial charge on any atom is -0.352 e. The third-order valence-corrected chi connectivity index (χ3v) is 10.5. The summed E-state index contributed by atoms with van der Waals surface area (Å²) in [6, 6.07) is 26.9. The summed E-state index contributed by atoms with van der Waals surface area (Å²) < 4.78 is 44.4. The van der Waals surface area contributed by atoms with Crippen molar-refractivity contribution in [3.63, 3.8) is 0 Å². The van der Waals surface area contributed by atoms with Crippen LogP contribution < -0.4 is 9.62 Å². The Hall–Kier alpha value is -4.21. The van der Waals surface area contributed by atoms with Gasteiger partial charge in [-0.15, -0.1) is 0 Å². The first kappa shape index (κ1) is 34.1. The summed E-state index contributed by atoms with van der Waals surface area (Å²) in [5.74, 6) is -1.56. The van der Waals surface area contributed by atoms with Crippen LogP contribution in [0.15, 0.2) is 108 Å². The predicted octanol–water partition coefficient (Wildman–Crippen LogP) is 7.07. The van der Waals surface area contributed by atoms with Crippen molar-refractivity contribution in [1.82, 2.24) is 10.2 Å². The van der Waals surface area contributed by atoms with Crippen LogP contribution in [0.3, 0.4) is 0 Å². The molecule has 0 heterocycles. The van der Waals surface area contributed by atoms with Gasteiger partial charge in [-0.05, 0) is 61.7 Å². The Balaban J connectivity index is 1.57. The monoisotopic (exact) mass is 675 g/mol. The minimum absolute atomic E-state index is 0.00703. The van der Waals surface area contributed by atoms with Gasteiger partial charge in [0.05, 0.1) is 10.6 Å². The van der Waals surface area contributed by atoms with Gasteiger partial charge in [-0.25, -0.2) is 12.8 Å². The van der Waals surface area contributed by atoms with Crippen molar-refractivity contribution < 1.29 is 22.4 Å². The van der Waals surface area contributed by atoms with Crippen molar-refractivity contribution in [2.75, 3.05) is 10.8 Å². The molecule has 5 rings (SSSR count). The molecule has 2 amide bonds. The van der Waals surface area contributed by atoms with Crippen molar-refractivity contribution in [2.24, 2.45) is 0 Å². The molecule has 0 aliphatic heterocycles. The van der Waals surface area contributed by atoms with E-state index in [-0.39, 0.29) is 46.1 Å². The Bertz CT molecular complexity index is 1780. The van der Waals surface area contributed by atoms with Crippen LogP contribution in [0, 0.1) is 12.7 Å². The number of nitrogens with zero attached hydrogens (tertiary/aromatic N) is 2. The number of rotatable bonds is 12. The average molecular weight is 676 g/mol. The lowest BCUT2D eigenvalue weighted by atomic mass is 9.94. The third-order valence-electron chi connectivity index (χ3n) is 8.51. The van der Waals surface area contributed by atoms with Crippen molar-refractivity contribution in [2.45, 2.75) is 69.0 Å². The zero-order chi connectivity index (χ0) is 33.4. The van der Waals surface area contributed by atoms with Gasteiger partial charge in [0, 0.05) is 29.6 Å². The quantitative estimate of drug-likeness (QED) is 0.174. The van der Waals surface area contributed by atoms with E-state index in [1.165, 1.54) is 29.2 Å². The van der Waals surface area contributed by atoms with E-state index >= 15 is 4.39 Å². The van der Waals surface area contributed by atoms with Crippen LogP contribution in [0.25, 0.3) is 0 Å². The molecule has 1 N–H and O–H groups in total. The van der Waals surface area contributed by atoms with Crippen LogP contribution in [-0.4, -0.2) is 43.8 Å². The van der Waals surface area contributed by atoms with E-state index in [9.17, 15) is 18.0 Å². The smallest absolute Gasteiger partial charge is 0.264 e. The second-order valence-electron chi connectivity index (χ2n) is 12.0. The summed E-state index contributed by atoms with van der Waals surface area (Å²) >= 11 is 6.29. The molecule has 1 aliphatic rings. The first-order valence-electron chi connectivity index (χ1n) is 15.8. The highest BCUT2D eigenvalue weighted by atomic mass is 35.5. The van der Waals surface area contributed by atoms with Gasteiger partial charge in [0.1, 0.15) is 18.4 Å². The summed E-state index contributed by atoms with van der Waals surface area (Å²) in [6.07, 6.45) is 4.92. The van der Waals surface area contributed by atoms with E-state index in [0.717, 1.165) is 47.5 Å². The van der Waals surface area contributed by atoms with Gasteiger partial charge in [0.2, 0.25) is 11.8 Å². The Labute approximate surface area is 281 Å². The number of sulfonamides is 1. The maximum absolute atomic E-state index is 15.1. The topological polar surface area (TPSA) is 86.8 Å². The number of halogens is 2. The zero-order valence-electron chi connectivity index (χ0n) is 26.3. The van der Waals surface area contributed by atoms with Gasteiger partial charge in [-0.2, -0.15) is 0 Å².